The average Bonchev–Trinajstić information content (AvgIpc) is 2.64. The zero-order valence-electron chi connectivity index (χ0n) is 9.28. The first-order valence-electron chi connectivity index (χ1n) is 5.55. The minimum absolute atomic E-state index is 0.0824. The maximum atomic E-state index is 12.0. The lowest BCUT2D eigenvalue weighted by Crippen LogP contribution is -2.23. The molecule has 1 aromatic rings. The van der Waals surface area contributed by atoms with Crippen LogP contribution < -0.4 is 0 Å². The normalized spacial score (nSPS) is 24.6. The van der Waals surface area contributed by atoms with Gasteiger partial charge in [0.15, 0.2) is 0 Å². The van der Waals surface area contributed by atoms with Crippen LogP contribution >= 0.6 is 15.9 Å². The molecule has 1 fully saturated rings. The number of carbonyl (C=O) groups excluding carboxylic acids is 1. The monoisotopic (exact) mass is 282 g/mol. The molecule has 1 aliphatic heterocycles. The van der Waals surface area contributed by atoms with Crippen LogP contribution in [0.2, 0.25) is 0 Å². The van der Waals surface area contributed by atoms with Gasteiger partial charge in [-0.15, -0.1) is 0 Å². The maximum Gasteiger partial charge on any atom is 0.142 e. The summed E-state index contributed by atoms with van der Waals surface area (Å²) in [7, 11) is 0. The second-order valence-corrected chi connectivity index (χ2v) is 5.16. The zero-order chi connectivity index (χ0) is 11.5. The molecule has 1 saturated heterocycles. The molecule has 1 heterocycles. The summed E-state index contributed by atoms with van der Waals surface area (Å²) in [4.78, 5) is 12.0. The van der Waals surface area contributed by atoms with Gasteiger partial charge in [-0.2, -0.15) is 0 Å². The number of carbonyl (C=O) groups is 1. The standard InChI is InChI=1S/C13H15BrO2/c1-9-12(5-6-16-9)13(15)8-10-3-2-4-11(14)7-10/h2-4,7,9,12H,5-6,8H2,1H3. The van der Waals surface area contributed by atoms with E-state index in [1.807, 2.05) is 31.2 Å². The number of benzene rings is 1. The van der Waals surface area contributed by atoms with E-state index in [2.05, 4.69) is 15.9 Å². The van der Waals surface area contributed by atoms with Crippen LogP contribution in [0.3, 0.4) is 0 Å². The third-order valence-corrected chi connectivity index (χ3v) is 3.55. The van der Waals surface area contributed by atoms with Crippen molar-refractivity contribution in [2.45, 2.75) is 25.9 Å². The summed E-state index contributed by atoms with van der Waals surface area (Å²) < 4.78 is 6.44. The van der Waals surface area contributed by atoms with Gasteiger partial charge in [0.25, 0.3) is 0 Å². The van der Waals surface area contributed by atoms with Crippen molar-refractivity contribution in [3.63, 3.8) is 0 Å². The SMILES string of the molecule is CC1OCCC1C(=O)Cc1cccc(Br)c1. The van der Waals surface area contributed by atoms with Crippen molar-refractivity contribution in [3.05, 3.63) is 34.3 Å². The van der Waals surface area contributed by atoms with Gasteiger partial charge in [-0.1, -0.05) is 28.1 Å². The summed E-state index contributed by atoms with van der Waals surface area (Å²) >= 11 is 3.41. The maximum absolute atomic E-state index is 12.0. The van der Waals surface area contributed by atoms with E-state index >= 15 is 0 Å². The lowest BCUT2D eigenvalue weighted by Gasteiger charge is -2.12. The van der Waals surface area contributed by atoms with E-state index in [4.69, 9.17) is 4.74 Å². The van der Waals surface area contributed by atoms with Gasteiger partial charge in [0.2, 0.25) is 0 Å². The summed E-state index contributed by atoms with van der Waals surface area (Å²) in [6, 6.07) is 7.91. The van der Waals surface area contributed by atoms with Gasteiger partial charge >= 0.3 is 0 Å². The third kappa shape index (κ3) is 2.71. The molecule has 2 unspecified atom stereocenters. The minimum atomic E-state index is 0.0824. The Bertz CT molecular complexity index is 389. The Morgan fingerprint density at radius 3 is 3.00 bits per heavy atom. The summed E-state index contributed by atoms with van der Waals surface area (Å²) in [5, 5.41) is 0. The highest BCUT2D eigenvalue weighted by Gasteiger charge is 2.30. The number of hydrogen-bond donors (Lipinski definition) is 0. The fourth-order valence-corrected chi connectivity index (χ4v) is 2.58. The van der Waals surface area contributed by atoms with Crippen LogP contribution in [0.4, 0.5) is 0 Å². The van der Waals surface area contributed by atoms with Crippen LogP contribution in [0.25, 0.3) is 0 Å². The van der Waals surface area contributed by atoms with Crippen molar-refractivity contribution >= 4 is 21.7 Å². The van der Waals surface area contributed by atoms with E-state index in [-0.39, 0.29) is 12.0 Å². The number of halogens is 1. The Morgan fingerprint density at radius 1 is 1.56 bits per heavy atom. The first-order chi connectivity index (χ1) is 7.66. The van der Waals surface area contributed by atoms with E-state index in [1.165, 1.54) is 0 Å². The molecule has 1 aliphatic rings. The first-order valence-corrected chi connectivity index (χ1v) is 6.35. The molecule has 0 amide bonds. The first kappa shape index (κ1) is 11.8. The summed E-state index contributed by atoms with van der Waals surface area (Å²) in [6.07, 6.45) is 1.46. The molecule has 2 rings (SSSR count). The number of ketones is 1. The predicted octanol–water partition coefficient (Wildman–Crippen LogP) is 2.99. The lowest BCUT2D eigenvalue weighted by molar-refractivity contribution is -0.123. The molecule has 3 heteroatoms. The topological polar surface area (TPSA) is 26.3 Å². The fourth-order valence-electron chi connectivity index (χ4n) is 2.13. The minimum Gasteiger partial charge on any atom is -0.378 e. The summed E-state index contributed by atoms with van der Waals surface area (Å²) in [5.41, 5.74) is 1.07. The Balaban J connectivity index is 2.02. The van der Waals surface area contributed by atoms with Crippen molar-refractivity contribution < 1.29 is 9.53 Å². The molecule has 16 heavy (non-hydrogen) atoms. The average molecular weight is 283 g/mol. The van der Waals surface area contributed by atoms with Gasteiger partial charge in [-0.3, -0.25) is 4.79 Å². The molecule has 1 aromatic carbocycles. The molecule has 0 bridgehead atoms. The molecular formula is C13H15BrO2. The van der Waals surface area contributed by atoms with Crippen LogP contribution in [0, 0.1) is 5.92 Å². The van der Waals surface area contributed by atoms with E-state index in [1.54, 1.807) is 0 Å². The van der Waals surface area contributed by atoms with Crippen molar-refractivity contribution in [2.24, 2.45) is 5.92 Å². The van der Waals surface area contributed by atoms with Gasteiger partial charge in [0.1, 0.15) is 5.78 Å². The summed E-state index contributed by atoms with van der Waals surface area (Å²) in [6.45, 7) is 2.70. The van der Waals surface area contributed by atoms with Crippen molar-refractivity contribution in [3.8, 4) is 0 Å². The second-order valence-electron chi connectivity index (χ2n) is 4.24. The fraction of sp³-hybridized carbons (Fsp3) is 0.462. The van der Waals surface area contributed by atoms with Crippen LogP contribution in [-0.2, 0) is 16.0 Å². The number of hydrogen-bond acceptors (Lipinski definition) is 2. The van der Waals surface area contributed by atoms with Gasteiger partial charge < -0.3 is 4.74 Å². The third-order valence-electron chi connectivity index (χ3n) is 3.06. The highest BCUT2D eigenvalue weighted by Crippen LogP contribution is 2.23. The Morgan fingerprint density at radius 2 is 2.38 bits per heavy atom. The number of Topliss-reactive ketones (excluding diaryl/α,β-unsaturated/α-hetero) is 1. The van der Waals surface area contributed by atoms with Crippen LogP contribution in [-0.4, -0.2) is 18.5 Å². The molecule has 2 nitrogen and oxygen atoms in total. The van der Waals surface area contributed by atoms with E-state index in [9.17, 15) is 4.79 Å². The number of ether oxygens (including phenoxy) is 1. The zero-order valence-corrected chi connectivity index (χ0v) is 10.9. The van der Waals surface area contributed by atoms with E-state index < -0.39 is 0 Å². The quantitative estimate of drug-likeness (QED) is 0.852. The Kier molecular flexibility index (Phi) is 3.77. The molecule has 0 aromatic heterocycles. The second kappa shape index (κ2) is 5.11. The van der Waals surface area contributed by atoms with E-state index in [0.29, 0.717) is 12.2 Å². The summed E-state index contributed by atoms with van der Waals surface area (Å²) in [5.74, 6) is 0.377. The predicted molar refractivity (Wildman–Crippen MR) is 66.4 cm³/mol. The highest BCUT2D eigenvalue weighted by atomic mass is 79.9. The molecule has 0 N–H and O–H groups in total. The molecule has 0 radical (unpaired) electrons. The largest absolute Gasteiger partial charge is 0.378 e. The van der Waals surface area contributed by atoms with Gasteiger partial charge in [0.05, 0.1) is 6.10 Å². The van der Waals surface area contributed by atoms with Gasteiger partial charge in [-0.25, -0.2) is 0 Å². The van der Waals surface area contributed by atoms with Crippen molar-refractivity contribution in [1.29, 1.82) is 0 Å². The highest BCUT2D eigenvalue weighted by molar-refractivity contribution is 9.10. The molecular weight excluding hydrogens is 268 g/mol. The van der Waals surface area contributed by atoms with Crippen molar-refractivity contribution in [2.75, 3.05) is 6.61 Å². The van der Waals surface area contributed by atoms with E-state index in [0.717, 1.165) is 23.1 Å². The molecule has 0 spiro atoms. The van der Waals surface area contributed by atoms with Crippen molar-refractivity contribution in [1.82, 2.24) is 0 Å². The molecule has 0 saturated carbocycles. The Labute approximate surface area is 104 Å². The van der Waals surface area contributed by atoms with Gasteiger partial charge in [-0.05, 0) is 31.0 Å². The van der Waals surface area contributed by atoms with Crippen LogP contribution in [0.1, 0.15) is 18.9 Å². The molecule has 0 aliphatic carbocycles. The lowest BCUT2D eigenvalue weighted by atomic mass is 9.93. The van der Waals surface area contributed by atoms with Crippen LogP contribution in [0.5, 0.6) is 0 Å². The number of rotatable bonds is 3. The molecule has 2 atom stereocenters. The molecule has 86 valence electrons. The smallest absolute Gasteiger partial charge is 0.142 e. The Hall–Kier alpha value is -0.670. The van der Waals surface area contributed by atoms with Crippen LogP contribution in [0.15, 0.2) is 28.7 Å². The van der Waals surface area contributed by atoms with Gasteiger partial charge in [0, 0.05) is 23.4 Å².